The highest BCUT2D eigenvalue weighted by molar-refractivity contribution is 5.51. The molecule has 0 fully saturated rings. The van der Waals surface area contributed by atoms with Gasteiger partial charge in [0.25, 0.3) is 0 Å². The van der Waals surface area contributed by atoms with Gasteiger partial charge >= 0.3 is 0 Å². The lowest BCUT2D eigenvalue weighted by molar-refractivity contribution is 0.412. The van der Waals surface area contributed by atoms with Gasteiger partial charge in [0.1, 0.15) is 5.75 Å². The summed E-state index contributed by atoms with van der Waals surface area (Å²) in [7, 11) is 1.68. The van der Waals surface area contributed by atoms with Crippen molar-refractivity contribution in [1.82, 2.24) is 0 Å². The molecule has 0 aromatic heterocycles. The van der Waals surface area contributed by atoms with Crippen LogP contribution in [0.5, 0.6) is 5.75 Å². The Hall–Kier alpha value is -2.16. The summed E-state index contributed by atoms with van der Waals surface area (Å²) in [6, 6.07) is 13.9. The fourth-order valence-electron chi connectivity index (χ4n) is 1.83. The number of hydrogen-bond donors (Lipinski definition) is 2. The predicted molar refractivity (Wildman–Crippen MR) is 75.9 cm³/mol. The quantitative estimate of drug-likeness (QED) is 0.809. The van der Waals surface area contributed by atoms with Crippen LogP contribution in [0.1, 0.15) is 11.1 Å². The van der Waals surface area contributed by atoms with Gasteiger partial charge in [-0.2, -0.15) is 0 Å². The fourth-order valence-corrected chi connectivity index (χ4v) is 1.83. The minimum atomic E-state index is 0.784. The summed E-state index contributed by atoms with van der Waals surface area (Å²) in [5.41, 5.74) is 9.86. The Morgan fingerprint density at radius 2 is 1.83 bits per heavy atom. The molecule has 0 amide bonds. The summed E-state index contributed by atoms with van der Waals surface area (Å²) in [6.45, 7) is 2.82. The van der Waals surface area contributed by atoms with Crippen LogP contribution in [0.25, 0.3) is 0 Å². The van der Waals surface area contributed by atoms with E-state index in [1.165, 1.54) is 5.56 Å². The number of ether oxygens (including phenoxy) is 1. The third-order valence-electron chi connectivity index (χ3n) is 2.87. The smallest absolute Gasteiger partial charge is 0.121 e. The molecule has 2 aromatic carbocycles. The molecule has 0 atom stereocenters. The van der Waals surface area contributed by atoms with E-state index in [1.807, 2.05) is 43.3 Å². The molecule has 0 unspecified atom stereocenters. The van der Waals surface area contributed by atoms with Gasteiger partial charge in [0.05, 0.1) is 7.11 Å². The van der Waals surface area contributed by atoms with Gasteiger partial charge in [0, 0.05) is 17.9 Å². The van der Waals surface area contributed by atoms with Crippen LogP contribution in [-0.4, -0.2) is 7.11 Å². The molecule has 0 aliphatic carbocycles. The number of benzene rings is 2. The first-order valence-electron chi connectivity index (χ1n) is 5.92. The molecule has 2 rings (SSSR count). The highest BCUT2D eigenvalue weighted by Gasteiger charge is 1.99. The molecular formula is C15H18N2O. The lowest BCUT2D eigenvalue weighted by Gasteiger charge is -2.10. The second-order valence-corrected chi connectivity index (χ2v) is 4.28. The molecule has 3 heteroatoms. The Bertz CT molecular complexity index is 521. The summed E-state index contributed by atoms with van der Waals surface area (Å²) in [4.78, 5) is 0. The van der Waals surface area contributed by atoms with Crippen molar-refractivity contribution in [2.45, 2.75) is 13.5 Å². The molecule has 3 nitrogen and oxygen atoms in total. The maximum Gasteiger partial charge on any atom is 0.121 e. The number of nitrogens with one attached hydrogen (secondary N) is 1. The van der Waals surface area contributed by atoms with Gasteiger partial charge < -0.3 is 15.8 Å². The van der Waals surface area contributed by atoms with Gasteiger partial charge in [-0.05, 0) is 48.4 Å². The zero-order valence-electron chi connectivity index (χ0n) is 10.7. The van der Waals surface area contributed by atoms with Crippen molar-refractivity contribution in [3.05, 3.63) is 53.6 Å². The second-order valence-electron chi connectivity index (χ2n) is 4.28. The van der Waals surface area contributed by atoms with E-state index in [4.69, 9.17) is 10.5 Å². The minimum Gasteiger partial charge on any atom is -0.496 e. The van der Waals surface area contributed by atoms with Gasteiger partial charge in [0.2, 0.25) is 0 Å². The fraction of sp³-hybridized carbons (Fsp3) is 0.200. The number of nitrogens with two attached hydrogens (primary N) is 1. The van der Waals surface area contributed by atoms with Gasteiger partial charge in [-0.15, -0.1) is 0 Å². The van der Waals surface area contributed by atoms with Crippen LogP contribution in [0.3, 0.4) is 0 Å². The maximum absolute atomic E-state index is 5.65. The Morgan fingerprint density at radius 1 is 1.11 bits per heavy atom. The zero-order valence-corrected chi connectivity index (χ0v) is 10.7. The Kier molecular flexibility index (Phi) is 3.72. The highest BCUT2D eigenvalue weighted by Crippen LogP contribution is 2.21. The standard InChI is InChI=1S/C15H18N2O/c1-11-9-14(7-8-15(11)18-2)17-10-12-3-5-13(16)6-4-12/h3-9,17H,10,16H2,1-2H3. The average Bonchev–Trinajstić information content (AvgIpc) is 2.38. The SMILES string of the molecule is COc1ccc(NCc2ccc(N)cc2)cc1C. The zero-order chi connectivity index (χ0) is 13.0. The number of methoxy groups -OCH3 is 1. The molecule has 0 heterocycles. The van der Waals surface area contributed by atoms with Crippen molar-refractivity contribution in [2.24, 2.45) is 0 Å². The normalized spacial score (nSPS) is 10.1. The van der Waals surface area contributed by atoms with Crippen molar-refractivity contribution in [3.63, 3.8) is 0 Å². The Morgan fingerprint density at radius 3 is 2.44 bits per heavy atom. The summed E-state index contributed by atoms with van der Waals surface area (Å²) >= 11 is 0. The molecule has 0 aliphatic rings. The van der Waals surface area contributed by atoms with E-state index in [9.17, 15) is 0 Å². The summed E-state index contributed by atoms with van der Waals surface area (Å²) in [5, 5.41) is 3.38. The third kappa shape index (κ3) is 2.94. The largest absolute Gasteiger partial charge is 0.496 e. The maximum atomic E-state index is 5.65. The van der Waals surface area contributed by atoms with E-state index in [0.717, 1.165) is 29.2 Å². The van der Waals surface area contributed by atoms with Crippen LogP contribution in [-0.2, 0) is 6.54 Å². The van der Waals surface area contributed by atoms with Crippen LogP contribution in [0, 0.1) is 6.92 Å². The van der Waals surface area contributed by atoms with Crippen LogP contribution in [0.2, 0.25) is 0 Å². The van der Waals surface area contributed by atoms with Gasteiger partial charge in [0.15, 0.2) is 0 Å². The van der Waals surface area contributed by atoms with E-state index < -0.39 is 0 Å². The van der Waals surface area contributed by atoms with Crippen molar-refractivity contribution in [2.75, 3.05) is 18.2 Å². The first-order chi connectivity index (χ1) is 8.69. The third-order valence-corrected chi connectivity index (χ3v) is 2.87. The predicted octanol–water partition coefficient (Wildman–Crippen LogP) is 3.20. The summed E-state index contributed by atoms with van der Waals surface area (Å²) in [5.74, 6) is 0.910. The molecule has 0 spiro atoms. The van der Waals surface area contributed by atoms with E-state index in [-0.39, 0.29) is 0 Å². The van der Waals surface area contributed by atoms with Crippen molar-refractivity contribution < 1.29 is 4.74 Å². The molecule has 18 heavy (non-hydrogen) atoms. The lowest BCUT2D eigenvalue weighted by atomic mass is 10.1. The topological polar surface area (TPSA) is 47.3 Å². The van der Waals surface area contributed by atoms with Crippen molar-refractivity contribution in [3.8, 4) is 5.75 Å². The van der Waals surface area contributed by atoms with Crippen molar-refractivity contribution in [1.29, 1.82) is 0 Å². The van der Waals surface area contributed by atoms with Gasteiger partial charge in [-0.3, -0.25) is 0 Å². The first-order valence-corrected chi connectivity index (χ1v) is 5.92. The van der Waals surface area contributed by atoms with Crippen molar-refractivity contribution >= 4 is 11.4 Å². The number of rotatable bonds is 4. The molecule has 3 N–H and O–H groups in total. The van der Waals surface area contributed by atoms with E-state index in [2.05, 4.69) is 11.4 Å². The monoisotopic (exact) mass is 242 g/mol. The average molecular weight is 242 g/mol. The van der Waals surface area contributed by atoms with Crippen LogP contribution < -0.4 is 15.8 Å². The molecule has 0 saturated heterocycles. The molecule has 0 aliphatic heterocycles. The second kappa shape index (κ2) is 5.45. The molecule has 0 radical (unpaired) electrons. The number of nitrogen functional groups attached to an aromatic ring is 1. The molecule has 0 saturated carbocycles. The molecule has 94 valence electrons. The van der Waals surface area contributed by atoms with Gasteiger partial charge in [-0.1, -0.05) is 12.1 Å². The summed E-state index contributed by atoms with van der Waals surface area (Å²) < 4.78 is 5.23. The number of hydrogen-bond acceptors (Lipinski definition) is 3. The minimum absolute atomic E-state index is 0.784. The molecular weight excluding hydrogens is 224 g/mol. The van der Waals surface area contributed by atoms with E-state index in [1.54, 1.807) is 7.11 Å². The van der Waals surface area contributed by atoms with E-state index in [0.29, 0.717) is 0 Å². The number of aryl methyl sites for hydroxylation is 1. The first kappa shape index (κ1) is 12.3. The number of anilines is 2. The Balaban J connectivity index is 2.02. The molecule has 2 aromatic rings. The van der Waals surface area contributed by atoms with E-state index >= 15 is 0 Å². The van der Waals surface area contributed by atoms with Gasteiger partial charge in [-0.25, -0.2) is 0 Å². The van der Waals surface area contributed by atoms with Crippen LogP contribution in [0.4, 0.5) is 11.4 Å². The van der Waals surface area contributed by atoms with Crippen LogP contribution in [0.15, 0.2) is 42.5 Å². The Labute approximate surface area is 108 Å². The lowest BCUT2D eigenvalue weighted by Crippen LogP contribution is -2.00. The molecule has 0 bridgehead atoms. The van der Waals surface area contributed by atoms with Crippen LogP contribution >= 0.6 is 0 Å². The highest BCUT2D eigenvalue weighted by atomic mass is 16.5. The summed E-state index contributed by atoms with van der Waals surface area (Å²) in [6.07, 6.45) is 0.